The molecular formula is C17H19N5O5. The van der Waals surface area contributed by atoms with Crippen molar-refractivity contribution in [2.75, 3.05) is 25.5 Å². The molecule has 1 aromatic carbocycles. The van der Waals surface area contributed by atoms with Crippen molar-refractivity contribution in [2.45, 2.75) is 12.8 Å². The minimum absolute atomic E-state index is 0.0774. The number of hydrogen-bond donors (Lipinski definition) is 3. The maximum Gasteiger partial charge on any atom is 0.273 e. The van der Waals surface area contributed by atoms with Gasteiger partial charge in [0.05, 0.1) is 23.8 Å². The fourth-order valence-electron chi connectivity index (χ4n) is 2.58. The topological polar surface area (TPSA) is 146 Å². The summed E-state index contributed by atoms with van der Waals surface area (Å²) in [5, 5.41) is 28.1. The summed E-state index contributed by atoms with van der Waals surface area (Å²) in [6.45, 7) is 1.49. The fourth-order valence-corrected chi connectivity index (χ4v) is 2.58. The maximum atomic E-state index is 12.3. The van der Waals surface area contributed by atoms with Crippen LogP contribution in [-0.2, 0) is 9.59 Å². The number of carbonyl (C=O) groups is 2. The standard InChI is InChI=1S/C17H19N5O5/c1-27-15-8-13(22(25)26)2-3-14(15)21-17(24)12(9-18)10-20-16(23)11-4-6-19-7-5-11/h2-3,8,10-11,19H,4-7H2,1H3,(H,20,23)(H,21,24)/b12-10-. The number of ether oxygens (including phenoxy) is 1. The summed E-state index contributed by atoms with van der Waals surface area (Å²) in [5.74, 6) is -1.10. The third-order valence-electron chi connectivity index (χ3n) is 4.08. The van der Waals surface area contributed by atoms with Gasteiger partial charge in [0.15, 0.2) is 0 Å². The van der Waals surface area contributed by atoms with Crippen molar-refractivity contribution < 1.29 is 19.2 Å². The monoisotopic (exact) mass is 373 g/mol. The number of piperidine rings is 1. The Morgan fingerprint density at radius 2 is 2.11 bits per heavy atom. The Labute approximate surface area is 155 Å². The zero-order valence-electron chi connectivity index (χ0n) is 14.7. The van der Waals surface area contributed by atoms with E-state index in [4.69, 9.17) is 4.74 Å². The number of nitro groups is 1. The van der Waals surface area contributed by atoms with Gasteiger partial charge in [-0.05, 0) is 32.0 Å². The van der Waals surface area contributed by atoms with Gasteiger partial charge in [0.1, 0.15) is 17.4 Å². The van der Waals surface area contributed by atoms with Crippen LogP contribution in [0.15, 0.2) is 30.0 Å². The molecule has 2 rings (SSSR count). The van der Waals surface area contributed by atoms with Gasteiger partial charge < -0.3 is 20.7 Å². The van der Waals surface area contributed by atoms with Gasteiger partial charge in [-0.3, -0.25) is 19.7 Å². The number of methoxy groups -OCH3 is 1. The zero-order valence-corrected chi connectivity index (χ0v) is 14.7. The molecule has 3 N–H and O–H groups in total. The molecule has 1 aliphatic rings. The molecule has 27 heavy (non-hydrogen) atoms. The molecule has 1 saturated heterocycles. The second kappa shape index (κ2) is 9.30. The molecule has 2 amide bonds. The molecule has 0 unspecified atom stereocenters. The summed E-state index contributed by atoms with van der Waals surface area (Å²) < 4.78 is 5.03. The Bertz CT molecular complexity index is 808. The van der Waals surface area contributed by atoms with E-state index >= 15 is 0 Å². The second-order valence-corrected chi connectivity index (χ2v) is 5.80. The van der Waals surface area contributed by atoms with Gasteiger partial charge >= 0.3 is 0 Å². The minimum atomic E-state index is -0.768. The van der Waals surface area contributed by atoms with Crippen LogP contribution >= 0.6 is 0 Å². The molecule has 0 aliphatic carbocycles. The second-order valence-electron chi connectivity index (χ2n) is 5.80. The summed E-state index contributed by atoms with van der Waals surface area (Å²) in [5.41, 5.74) is -0.341. The summed E-state index contributed by atoms with van der Waals surface area (Å²) >= 11 is 0. The largest absolute Gasteiger partial charge is 0.494 e. The first-order chi connectivity index (χ1) is 13.0. The molecule has 0 atom stereocenters. The molecule has 10 heteroatoms. The van der Waals surface area contributed by atoms with E-state index < -0.39 is 10.8 Å². The van der Waals surface area contributed by atoms with Gasteiger partial charge in [-0.2, -0.15) is 5.26 Å². The number of hydrogen-bond acceptors (Lipinski definition) is 7. The van der Waals surface area contributed by atoms with Crippen molar-refractivity contribution >= 4 is 23.2 Å². The van der Waals surface area contributed by atoms with Crippen LogP contribution in [0.25, 0.3) is 0 Å². The average Bonchev–Trinajstić information content (AvgIpc) is 2.69. The van der Waals surface area contributed by atoms with Gasteiger partial charge in [-0.15, -0.1) is 0 Å². The van der Waals surface area contributed by atoms with Gasteiger partial charge in [0.25, 0.3) is 11.6 Å². The summed E-state index contributed by atoms with van der Waals surface area (Å²) in [6.07, 6.45) is 2.44. The lowest BCUT2D eigenvalue weighted by Gasteiger charge is -2.20. The molecule has 1 aromatic rings. The molecule has 1 aliphatic heterocycles. The van der Waals surface area contributed by atoms with Crippen LogP contribution < -0.4 is 20.7 Å². The highest BCUT2D eigenvalue weighted by molar-refractivity contribution is 6.07. The third-order valence-corrected chi connectivity index (χ3v) is 4.08. The predicted molar refractivity (Wildman–Crippen MR) is 95.7 cm³/mol. The first-order valence-electron chi connectivity index (χ1n) is 8.21. The Morgan fingerprint density at radius 3 is 2.70 bits per heavy atom. The Hall–Kier alpha value is -3.45. The van der Waals surface area contributed by atoms with Crippen molar-refractivity contribution in [3.05, 3.63) is 40.1 Å². The quantitative estimate of drug-likeness (QED) is 0.292. The molecule has 0 radical (unpaired) electrons. The smallest absolute Gasteiger partial charge is 0.273 e. The summed E-state index contributed by atoms with van der Waals surface area (Å²) in [4.78, 5) is 34.6. The van der Waals surface area contributed by atoms with Crippen LogP contribution in [0.5, 0.6) is 5.75 Å². The van der Waals surface area contributed by atoms with Crippen molar-refractivity contribution in [3.8, 4) is 11.8 Å². The number of benzene rings is 1. The van der Waals surface area contributed by atoms with E-state index in [9.17, 15) is 25.0 Å². The van der Waals surface area contributed by atoms with Crippen LogP contribution in [0.2, 0.25) is 0 Å². The van der Waals surface area contributed by atoms with Crippen molar-refractivity contribution in [1.82, 2.24) is 10.6 Å². The fraction of sp³-hybridized carbons (Fsp3) is 0.353. The molecule has 1 fully saturated rings. The van der Waals surface area contributed by atoms with E-state index in [1.54, 1.807) is 6.07 Å². The van der Waals surface area contributed by atoms with Gasteiger partial charge in [-0.25, -0.2) is 0 Å². The summed E-state index contributed by atoms with van der Waals surface area (Å²) in [6, 6.07) is 5.38. The van der Waals surface area contributed by atoms with E-state index in [0.717, 1.165) is 25.4 Å². The van der Waals surface area contributed by atoms with Crippen LogP contribution in [0.3, 0.4) is 0 Å². The molecule has 10 nitrogen and oxygen atoms in total. The zero-order chi connectivity index (χ0) is 19.8. The summed E-state index contributed by atoms with van der Waals surface area (Å²) in [7, 11) is 1.30. The highest BCUT2D eigenvalue weighted by Gasteiger charge is 2.21. The van der Waals surface area contributed by atoms with Crippen LogP contribution in [0.1, 0.15) is 12.8 Å². The lowest BCUT2D eigenvalue weighted by Crippen LogP contribution is -2.36. The number of nitrogens with one attached hydrogen (secondary N) is 3. The van der Waals surface area contributed by atoms with E-state index in [2.05, 4.69) is 16.0 Å². The van der Waals surface area contributed by atoms with Gasteiger partial charge in [0.2, 0.25) is 5.91 Å². The average molecular weight is 373 g/mol. The number of nitro benzene ring substituents is 1. The first kappa shape index (κ1) is 19.9. The maximum absolute atomic E-state index is 12.3. The van der Waals surface area contributed by atoms with E-state index in [-0.39, 0.29) is 34.5 Å². The normalized spacial score (nSPS) is 14.7. The first-order valence-corrected chi connectivity index (χ1v) is 8.21. The van der Waals surface area contributed by atoms with Crippen LogP contribution in [-0.4, -0.2) is 36.9 Å². The molecular weight excluding hydrogens is 354 g/mol. The number of anilines is 1. The number of non-ortho nitro benzene ring substituents is 1. The molecule has 0 aromatic heterocycles. The van der Waals surface area contributed by atoms with E-state index in [0.29, 0.717) is 12.8 Å². The number of carbonyl (C=O) groups excluding carboxylic acids is 2. The molecule has 0 saturated carbocycles. The molecule has 0 spiro atoms. The molecule has 142 valence electrons. The number of nitrogens with zero attached hydrogens (tertiary/aromatic N) is 2. The Morgan fingerprint density at radius 1 is 1.41 bits per heavy atom. The minimum Gasteiger partial charge on any atom is -0.494 e. The Balaban J connectivity index is 2.07. The Kier molecular flexibility index (Phi) is 6.85. The van der Waals surface area contributed by atoms with Crippen LogP contribution in [0, 0.1) is 27.4 Å². The number of amides is 2. The van der Waals surface area contributed by atoms with Gasteiger partial charge in [-0.1, -0.05) is 0 Å². The third kappa shape index (κ3) is 5.26. The number of nitriles is 1. The molecule has 0 bridgehead atoms. The van der Waals surface area contributed by atoms with Crippen molar-refractivity contribution in [3.63, 3.8) is 0 Å². The predicted octanol–water partition coefficient (Wildman–Crippen LogP) is 1.07. The highest BCUT2D eigenvalue weighted by Crippen LogP contribution is 2.29. The SMILES string of the molecule is COc1cc([N+](=O)[O-])ccc1NC(=O)/C(C#N)=C\NC(=O)C1CCNCC1. The van der Waals surface area contributed by atoms with Crippen LogP contribution in [0.4, 0.5) is 11.4 Å². The van der Waals surface area contributed by atoms with Crippen molar-refractivity contribution in [2.24, 2.45) is 5.92 Å². The van der Waals surface area contributed by atoms with E-state index in [1.807, 2.05) is 0 Å². The van der Waals surface area contributed by atoms with E-state index in [1.165, 1.54) is 19.2 Å². The lowest BCUT2D eigenvalue weighted by molar-refractivity contribution is -0.384. The van der Waals surface area contributed by atoms with Crippen molar-refractivity contribution in [1.29, 1.82) is 5.26 Å². The van der Waals surface area contributed by atoms with Gasteiger partial charge in [0, 0.05) is 18.2 Å². The molecule has 1 heterocycles. The number of rotatable bonds is 6. The highest BCUT2D eigenvalue weighted by atomic mass is 16.6. The lowest BCUT2D eigenvalue weighted by atomic mass is 9.97.